The van der Waals surface area contributed by atoms with Crippen molar-refractivity contribution in [1.29, 1.82) is 0 Å². The third-order valence-electron chi connectivity index (χ3n) is 6.86. The Morgan fingerprint density at radius 3 is 2.34 bits per heavy atom. The number of amides is 3. The quantitative estimate of drug-likeness (QED) is 0.546. The zero-order valence-corrected chi connectivity index (χ0v) is 21.5. The van der Waals surface area contributed by atoms with E-state index < -0.39 is 18.1 Å². The van der Waals surface area contributed by atoms with Crippen LogP contribution in [0, 0.1) is 5.92 Å². The van der Waals surface area contributed by atoms with Gasteiger partial charge in [-0.05, 0) is 49.4 Å². The van der Waals surface area contributed by atoms with Crippen molar-refractivity contribution in [2.45, 2.75) is 70.6 Å². The predicted octanol–water partition coefficient (Wildman–Crippen LogP) is 1.41. The third kappa shape index (κ3) is 5.83. The number of hydrogen-bond acceptors (Lipinski definition) is 6. The van der Waals surface area contributed by atoms with Crippen molar-refractivity contribution in [1.82, 2.24) is 15.1 Å². The largest absolute Gasteiger partial charge is 0.378 e. The van der Waals surface area contributed by atoms with Gasteiger partial charge in [0.25, 0.3) is 5.91 Å². The molecule has 3 amide bonds. The minimum atomic E-state index is -0.755. The van der Waals surface area contributed by atoms with E-state index in [1.54, 1.807) is 21.9 Å². The fourth-order valence-electron chi connectivity index (χ4n) is 5.05. The molecular weight excluding hydrogens is 446 g/mol. The maximum atomic E-state index is 13.6. The molecule has 2 saturated heterocycles. The number of carbonyl (C=O) groups excluding carboxylic acids is 4. The van der Waals surface area contributed by atoms with Crippen LogP contribution in [0.1, 0.15) is 56.8 Å². The number of anilines is 1. The van der Waals surface area contributed by atoms with Crippen molar-refractivity contribution in [3.63, 3.8) is 0 Å². The van der Waals surface area contributed by atoms with Gasteiger partial charge in [0.2, 0.25) is 11.8 Å². The van der Waals surface area contributed by atoms with Gasteiger partial charge in [-0.3, -0.25) is 19.2 Å². The molecule has 9 nitrogen and oxygen atoms in total. The summed E-state index contributed by atoms with van der Waals surface area (Å²) in [6.07, 6.45) is 2.32. The Hall–Kier alpha value is -2.94. The van der Waals surface area contributed by atoms with Crippen LogP contribution >= 0.6 is 0 Å². The van der Waals surface area contributed by atoms with Crippen LogP contribution in [0.3, 0.4) is 0 Å². The molecule has 1 unspecified atom stereocenters. The standard InChI is InChI=1S/C26H39N5O4/c1-6-7-19(27)25(34)31-15-22(32)23-21(31)12-13-30(23)26(35)20(14-16(2)3)28-24(33)17-8-10-18(11-9-17)29(4)5/h8-11,16,19-21,23H,6-7,12-15,27H2,1-5H3,(H,28,33)/t19-,20-,21?,23-/m0/s1. The van der Waals surface area contributed by atoms with E-state index in [2.05, 4.69) is 5.32 Å². The molecule has 3 rings (SSSR count). The summed E-state index contributed by atoms with van der Waals surface area (Å²) >= 11 is 0. The minimum absolute atomic E-state index is 0.0191. The molecular formula is C26H39N5O4. The maximum Gasteiger partial charge on any atom is 0.251 e. The lowest BCUT2D eigenvalue weighted by molar-refractivity contribution is -0.138. The Bertz CT molecular complexity index is 946. The number of benzene rings is 1. The minimum Gasteiger partial charge on any atom is -0.378 e. The van der Waals surface area contributed by atoms with Crippen LogP contribution in [0.15, 0.2) is 24.3 Å². The average Bonchev–Trinajstić information content (AvgIpc) is 3.39. The molecule has 192 valence electrons. The zero-order valence-electron chi connectivity index (χ0n) is 21.5. The Kier molecular flexibility index (Phi) is 8.53. The Balaban J connectivity index is 1.75. The lowest BCUT2D eigenvalue weighted by atomic mass is 10.0. The van der Waals surface area contributed by atoms with Crippen LogP contribution in [0.25, 0.3) is 0 Å². The van der Waals surface area contributed by atoms with Crippen LogP contribution < -0.4 is 16.0 Å². The highest BCUT2D eigenvalue weighted by Gasteiger charge is 2.52. The van der Waals surface area contributed by atoms with Crippen molar-refractivity contribution in [3.8, 4) is 0 Å². The monoisotopic (exact) mass is 485 g/mol. The molecule has 3 N–H and O–H groups in total. The van der Waals surface area contributed by atoms with Crippen LogP contribution in [-0.2, 0) is 14.4 Å². The molecule has 2 heterocycles. The fraction of sp³-hybridized carbons (Fsp3) is 0.615. The van der Waals surface area contributed by atoms with Gasteiger partial charge in [-0.15, -0.1) is 0 Å². The van der Waals surface area contributed by atoms with Gasteiger partial charge in [-0.25, -0.2) is 0 Å². The number of rotatable bonds is 9. The van der Waals surface area contributed by atoms with E-state index in [1.807, 2.05) is 51.9 Å². The van der Waals surface area contributed by atoms with Crippen molar-refractivity contribution in [2.75, 3.05) is 32.1 Å². The zero-order chi connectivity index (χ0) is 25.9. The third-order valence-corrected chi connectivity index (χ3v) is 6.86. The van der Waals surface area contributed by atoms with Crippen molar-refractivity contribution in [3.05, 3.63) is 29.8 Å². The molecule has 9 heteroatoms. The van der Waals surface area contributed by atoms with Gasteiger partial charge in [-0.1, -0.05) is 27.2 Å². The summed E-state index contributed by atoms with van der Waals surface area (Å²) in [7, 11) is 3.85. The highest BCUT2D eigenvalue weighted by atomic mass is 16.2. The van der Waals surface area contributed by atoms with Gasteiger partial charge in [0.05, 0.1) is 18.6 Å². The first-order valence-corrected chi connectivity index (χ1v) is 12.5. The van der Waals surface area contributed by atoms with Crippen molar-refractivity contribution < 1.29 is 19.2 Å². The summed E-state index contributed by atoms with van der Waals surface area (Å²) in [6, 6.07) is 4.75. The lowest BCUT2D eigenvalue weighted by Crippen LogP contribution is -2.53. The van der Waals surface area contributed by atoms with E-state index in [-0.39, 0.29) is 42.0 Å². The second-order valence-corrected chi connectivity index (χ2v) is 10.3. The Morgan fingerprint density at radius 1 is 1.11 bits per heavy atom. The fourth-order valence-corrected chi connectivity index (χ4v) is 5.05. The van der Waals surface area contributed by atoms with Gasteiger partial charge in [0.15, 0.2) is 5.78 Å². The Morgan fingerprint density at radius 2 is 1.77 bits per heavy atom. The van der Waals surface area contributed by atoms with E-state index in [1.165, 1.54) is 0 Å². The molecule has 2 fully saturated rings. The molecule has 35 heavy (non-hydrogen) atoms. The molecule has 0 saturated carbocycles. The molecule has 0 bridgehead atoms. The van der Waals surface area contributed by atoms with Crippen LogP contribution in [0.4, 0.5) is 5.69 Å². The van der Waals surface area contributed by atoms with Crippen LogP contribution in [0.5, 0.6) is 0 Å². The summed E-state index contributed by atoms with van der Waals surface area (Å²) < 4.78 is 0. The second kappa shape index (κ2) is 11.2. The molecule has 2 aliphatic rings. The van der Waals surface area contributed by atoms with Crippen molar-refractivity contribution in [2.24, 2.45) is 11.7 Å². The first kappa shape index (κ1) is 26.7. The summed E-state index contributed by atoms with van der Waals surface area (Å²) in [5, 5.41) is 2.90. The number of Topliss-reactive ketones (excluding diaryl/α,β-unsaturated/α-hetero) is 1. The van der Waals surface area contributed by atoms with Gasteiger partial charge >= 0.3 is 0 Å². The van der Waals surface area contributed by atoms with Gasteiger partial charge in [0.1, 0.15) is 12.1 Å². The predicted molar refractivity (Wildman–Crippen MR) is 135 cm³/mol. The Labute approximate surface area is 208 Å². The number of nitrogens with one attached hydrogen (secondary N) is 1. The van der Waals surface area contributed by atoms with Crippen LogP contribution in [-0.4, -0.2) is 84.7 Å². The smallest absolute Gasteiger partial charge is 0.251 e. The maximum absolute atomic E-state index is 13.6. The summed E-state index contributed by atoms with van der Waals surface area (Å²) in [6.45, 7) is 6.28. The highest BCUT2D eigenvalue weighted by molar-refractivity contribution is 6.01. The molecule has 0 aromatic heterocycles. The molecule has 0 spiro atoms. The number of ketones is 1. The highest BCUT2D eigenvalue weighted by Crippen LogP contribution is 2.31. The summed E-state index contributed by atoms with van der Waals surface area (Å²) in [4.78, 5) is 57.4. The topological polar surface area (TPSA) is 116 Å². The number of carbonyl (C=O) groups is 4. The number of likely N-dealkylation sites (tertiary alicyclic amines) is 2. The SMILES string of the molecule is CCC[C@H](N)C(=O)N1CC(=O)[C@@H]2C1CCN2C(=O)[C@H](CC(C)C)NC(=O)c1ccc(N(C)C)cc1. The van der Waals surface area contributed by atoms with Gasteiger partial charge < -0.3 is 25.8 Å². The number of fused-ring (bicyclic) bond motifs is 1. The first-order chi connectivity index (χ1) is 16.5. The number of nitrogens with zero attached hydrogens (tertiary/aromatic N) is 3. The van der Waals surface area contributed by atoms with E-state index in [4.69, 9.17) is 5.73 Å². The molecule has 2 aliphatic heterocycles. The molecule has 0 aliphatic carbocycles. The van der Waals surface area contributed by atoms with E-state index in [0.717, 1.165) is 12.1 Å². The van der Waals surface area contributed by atoms with Crippen LogP contribution in [0.2, 0.25) is 0 Å². The molecule has 1 aromatic rings. The van der Waals surface area contributed by atoms with Crippen molar-refractivity contribution >= 4 is 29.2 Å². The van der Waals surface area contributed by atoms with Gasteiger partial charge in [0, 0.05) is 31.9 Å². The van der Waals surface area contributed by atoms with E-state index >= 15 is 0 Å². The second-order valence-electron chi connectivity index (χ2n) is 10.3. The molecule has 1 aromatic carbocycles. The van der Waals surface area contributed by atoms with E-state index in [0.29, 0.717) is 31.4 Å². The summed E-state index contributed by atoms with van der Waals surface area (Å²) in [5.74, 6) is -0.819. The lowest BCUT2D eigenvalue weighted by Gasteiger charge is -2.29. The average molecular weight is 486 g/mol. The van der Waals surface area contributed by atoms with E-state index in [9.17, 15) is 19.2 Å². The normalized spacial score (nSPS) is 21.2. The number of nitrogens with two attached hydrogens (primary N) is 1. The summed E-state index contributed by atoms with van der Waals surface area (Å²) in [5.41, 5.74) is 7.47. The molecule has 0 radical (unpaired) electrons. The van der Waals surface area contributed by atoms with Gasteiger partial charge in [-0.2, -0.15) is 0 Å². The first-order valence-electron chi connectivity index (χ1n) is 12.5. The molecule has 4 atom stereocenters. The number of hydrogen-bond donors (Lipinski definition) is 2.